The van der Waals surface area contributed by atoms with Crippen LogP contribution in [0.2, 0.25) is 0 Å². The van der Waals surface area contributed by atoms with Crippen LogP contribution >= 0.6 is 15.9 Å². The molecule has 1 fully saturated rings. The van der Waals surface area contributed by atoms with Crippen LogP contribution < -0.4 is 10.6 Å². The summed E-state index contributed by atoms with van der Waals surface area (Å²) in [4.78, 5) is 24.5. The van der Waals surface area contributed by atoms with Gasteiger partial charge in [-0.15, -0.1) is 0 Å². The van der Waals surface area contributed by atoms with Gasteiger partial charge in [0.05, 0.1) is 6.54 Å². The van der Waals surface area contributed by atoms with E-state index in [2.05, 4.69) is 15.9 Å². The van der Waals surface area contributed by atoms with E-state index in [0.29, 0.717) is 11.6 Å². The summed E-state index contributed by atoms with van der Waals surface area (Å²) in [6, 6.07) is 5.76. The van der Waals surface area contributed by atoms with E-state index in [-0.39, 0.29) is 12.5 Å². The van der Waals surface area contributed by atoms with Crippen molar-refractivity contribution < 1.29 is 9.59 Å². The molecule has 0 aliphatic heterocycles. The van der Waals surface area contributed by atoms with Gasteiger partial charge in [-0.25, -0.2) is 0 Å². The molecule has 0 unspecified atom stereocenters. The third kappa shape index (κ3) is 3.35. The predicted molar refractivity (Wildman–Crippen MR) is 78.3 cm³/mol. The Labute approximate surface area is 121 Å². The van der Waals surface area contributed by atoms with Crippen LogP contribution in [-0.4, -0.2) is 24.8 Å². The van der Waals surface area contributed by atoms with Crippen LogP contribution in [0.4, 0.5) is 5.69 Å². The van der Waals surface area contributed by atoms with E-state index in [9.17, 15) is 9.59 Å². The van der Waals surface area contributed by atoms with Gasteiger partial charge in [0.15, 0.2) is 6.29 Å². The molecule has 1 aromatic rings. The lowest BCUT2D eigenvalue weighted by molar-refractivity contribution is -0.116. The van der Waals surface area contributed by atoms with Gasteiger partial charge in [-0.05, 0) is 31.0 Å². The highest BCUT2D eigenvalue weighted by molar-refractivity contribution is 9.10. The second-order valence-electron chi connectivity index (χ2n) is 4.85. The van der Waals surface area contributed by atoms with Crippen LogP contribution in [-0.2, 0) is 4.79 Å². The minimum absolute atomic E-state index is 0.155. The summed E-state index contributed by atoms with van der Waals surface area (Å²) < 4.78 is 0.889. The SMILES string of the molecule is NC(=O)CN(c1cc(Br)ccc1C=O)C1CCCC1. The van der Waals surface area contributed by atoms with Crippen LogP contribution in [0, 0.1) is 0 Å². The Balaban J connectivity index is 2.38. The lowest BCUT2D eigenvalue weighted by Crippen LogP contribution is -2.40. The molecule has 1 aromatic carbocycles. The number of carbonyl (C=O) groups is 2. The van der Waals surface area contributed by atoms with E-state index >= 15 is 0 Å². The summed E-state index contributed by atoms with van der Waals surface area (Å²) in [5, 5.41) is 0. The van der Waals surface area contributed by atoms with Crippen molar-refractivity contribution in [3.8, 4) is 0 Å². The van der Waals surface area contributed by atoms with Crippen molar-refractivity contribution in [3.05, 3.63) is 28.2 Å². The van der Waals surface area contributed by atoms with Crippen molar-refractivity contribution in [3.63, 3.8) is 0 Å². The number of hydrogen-bond acceptors (Lipinski definition) is 3. The molecule has 2 rings (SSSR count). The van der Waals surface area contributed by atoms with Gasteiger partial charge in [-0.1, -0.05) is 28.8 Å². The first-order valence-electron chi connectivity index (χ1n) is 6.41. The zero-order chi connectivity index (χ0) is 13.8. The standard InChI is InChI=1S/C14H17BrN2O2/c15-11-6-5-10(9-18)13(7-11)17(8-14(16)19)12-3-1-2-4-12/h5-7,9,12H,1-4,8H2,(H2,16,19). The molecule has 4 nitrogen and oxygen atoms in total. The lowest BCUT2D eigenvalue weighted by Gasteiger charge is -2.31. The Morgan fingerprint density at radius 3 is 2.68 bits per heavy atom. The number of nitrogens with zero attached hydrogens (tertiary/aromatic N) is 1. The van der Waals surface area contributed by atoms with E-state index in [1.165, 1.54) is 0 Å². The average Bonchev–Trinajstić information content (AvgIpc) is 2.89. The molecule has 5 heteroatoms. The van der Waals surface area contributed by atoms with Crippen molar-refractivity contribution in [2.45, 2.75) is 31.7 Å². The van der Waals surface area contributed by atoms with E-state index in [4.69, 9.17) is 5.73 Å². The lowest BCUT2D eigenvalue weighted by atomic mass is 10.1. The van der Waals surface area contributed by atoms with E-state index in [1.54, 1.807) is 6.07 Å². The van der Waals surface area contributed by atoms with Gasteiger partial charge >= 0.3 is 0 Å². The van der Waals surface area contributed by atoms with Crippen LogP contribution in [0.25, 0.3) is 0 Å². The van der Waals surface area contributed by atoms with Crippen LogP contribution in [0.5, 0.6) is 0 Å². The number of amides is 1. The van der Waals surface area contributed by atoms with E-state index in [0.717, 1.165) is 42.1 Å². The maximum absolute atomic E-state index is 11.3. The topological polar surface area (TPSA) is 63.4 Å². The minimum Gasteiger partial charge on any atom is -0.368 e. The molecule has 1 aliphatic carbocycles. The van der Waals surface area contributed by atoms with E-state index < -0.39 is 0 Å². The number of primary amides is 1. The quantitative estimate of drug-likeness (QED) is 0.846. The van der Waals surface area contributed by atoms with Crippen molar-refractivity contribution in [2.24, 2.45) is 5.73 Å². The molecule has 0 aromatic heterocycles. The maximum Gasteiger partial charge on any atom is 0.236 e. The number of anilines is 1. The van der Waals surface area contributed by atoms with Crippen LogP contribution in [0.1, 0.15) is 36.0 Å². The summed E-state index contributed by atoms with van der Waals surface area (Å²) >= 11 is 3.41. The maximum atomic E-state index is 11.3. The average molecular weight is 325 g/mol. The van der Waals surface area contributed by atoms with Gasteiger partial charge in [-0.2, -0.15) is 0 Å². The second-order valence-corrected chi connectivity index (χ2v) is 5.77. The predicted octanol–water partition coefficient (Wildman–Crippen LogP) is 2.50. The normalized spacial score (nSPS) is 15.4. The number of halogens is 1. The molecular formula is C14H17BrN2O2. The highest BCUT2D eigenvalue weighted by Gasteiger charge is 2.25. The smallest absolute Gasteiger partial charge is 0.236 e. The fraction of sp³-hybridized carbons (Fsp3) is 0.429. The van der Waals surface area contributed by atoms with Gasteiger partial charge in [0.2, 0.25) is 5.91 Å². The Hall–Kier alpha value is -1.36. The summed E-state index contributed by atoms with van der Waals surface area (Å²) in [6.45, 7) is 0.155. The molecule has 1 aliphatic rings. The Kier molecular flexibility index (Phi) is 4.58. The molecule has 2 N–H and O–H groups in total. The second kappa shape index (κ2) is 6.19. The molecule has 1 saturated carbocycles. The third-order valence-electron chi connectivity index (χ3n) is 3.52. The highest BCUT2D eigenvalue weighted by Crippen LogP contribution is 2.31. The van der Waals surface area contributed by atoms with Crippen LogP contribution in [0.15, 0.2) is 22.7 Å². The van der Waals surface area contributed by atoms with Crippen molar-refractivity contribution in [1.29, 1.82) is 0 Å². The molecule has 19 heavy (non-hydrogen) atoms. The van der Waals surface area contributed by atoms with Crippen LogP contribution in [0.3, 0.4) is 0 Å². The summed E-state index contributed by atoms with van der Waals surface area (Å²) in [5.74, 6) is -0.372. The Morgan fingerprint density at radius 1 is 1.42 bits per heavy atom. The monoisotopic (exact) mass is 324 g/mol. The fourth-order valence-electron chi connectivity index (χ4n) is 2.66. The number of hydrogen-bond donors (Lipinski definition) is 1. The van der Waals surface area contributed by atoms with Crippen molar-refractivity contribution >= 4 is 33.8 Å². The molecule has 0 spiro atoms. The van der Waals surface area contributed by atoms with Gasteiger partial charge < -0.3 is 10.6 Å². The minimum atomic E-state index is -0.372. The van der Waals surface area contributed by atoms with Gasteiger partial charge in [0.25, 0.3) is 0 Å². The zero-order valence-corrected chi connectivity index (χ0v) is 12.2. The molecule has 1 amide bonds. The summed E-state index contributed by atoms with van der Waals surface area (Å²) in [5.41, 5.74) is 6.73. The summed E-state index contributed by atoms with van der Waals surface area (Å²) in [7, 11) is 0. The van der Waals surface area contributed by atoms with Crippen molar-refractivity contribution in [2.75, 3.05) is 11.4 Å². The number of nitrogens with two attached hydrogens (primary N) is 1. The van der Waals surface area contributed by atoms with E-state index in [1.807, 2.05) is 17.0 Å². The van der Waals surface area contributed by atoms with Crippen molar-refractivity contribution in [1.82, 2.24) is 0 Å². The third-order valence-corrected chi connectivity index (χ3v) is 4.01. The molecule has 102 valence electrons. The van der Waals surface area contributed by atoms with Gasteiger partial charge in [0, 0.05) is 21.8 Å². The Bertz CT molecular complexity index is 484. The molecule has 0 heterocycles. The summed E-state index contributed by atoms with van der Waals surface area (Å²) in [6.07, 6.45) is 5.22. The van der Waals surface area contributed by atoms with Gasteiger partial charge in [-0.3, -0.25) is 9.59 Å². The zero-order valence-electron chi connectivity index (χ0n) is 10.6. The molecular weight excluding hydrogens is 308 g/mol. The molecule has 0 bridgehead atoms. The largest absolute Gasteiger partial charge is 0.368 e. The fourth-order valence-corrected chi connectivity index (χ4v) is 3.01. The number of carbonyl (C=O) groups excluding carboxylic acids is 2. The van der Waals surface area contributed by atoms with Gasteiger partial charge in [0.1, 0.15) is 0 Å². The molecule has 0 saturated heterocycles. The number of aldehydes is 1. The Morgan fingerprint density at radius 2 is 2.11 bits per heavy atom. The highest BCUT2D eigenvalue weighted by atomic mass is 79.9. The first-order valence-corrected chi connectivity index (χ1v) is 7.21. The first-order chi connectivity index (χ1) is 9.11. The molecule has 0 radical (unpaired) electrons. The molecule has 0 atom stereocenters. The first kappa shape index (κ1) is 14.1. The number of rotatable bonds is 5. The number of benzene rings is 1.